The first-order valence-corrected chi connectivity index (χ1v) is 10.8. The van der Waals surface area contributed by atoms with E-state index in [4.69, 9.17) is 4.74 Å². The maximum Gasteiger partial charge on any atom is 0.414 e. The zero-order valence-corrected chi connectivity index (χ0v) is 17.3. The lowest BCUT2D eigenvalue weighted by molar-refractivity contribution is 0.149. The van der Waals surface area contributed by atoms with Gasteiger partial charge in [0, 0.05) is 31.8 Å². The molecule has 0 unspecified atom stereocenters. The molecule has 1 saturated carbocycles. The number of nitrogens with one attached hydrogen (secondary N) is 2. The van der Waals surface area contributed by atoms with Gasteiger partial charge < -0.3 is 10.1 Å². The summed E-state index contributed by atoms with van der Waals surface area (Å²) in [5.74, 6) is 0.536. The van der Waals surface area contributed by atoms with Gasteiger partial charge in [-0.15, -0.1) is 0 Å². The molecule has 3 aromatic rings. The maximum absolute atomic E-state index is 12.5. The summed E-state index contributed by atoms with van der Waals surface area (Å²) in [6.07, 6.45) is 4.58. The SMILES string of the molecule is CNC(=O)Nc1nc2ccc(-c3cnc4c(c3)N(C(=O)OCC3CC3)CC4)cc2s1. The Morgan fingerprint density at radius 3 is 2.93 bits per heavy atom. The molecule has 0 radical (unpaired) electrons. The van der Waals surface area contributed by atoms with Crippen LogP contribution in [0, 0.1) is 5.92 Å². The average Bonchev–Trinajstić information content (AvgIpc) is 3.35. The largest absolute Gasteiger partial charge is 0.449 e. The number of hydrogen-bond acceptors (Lipinski definition) is 6. The zero-order valence-electron chi connectivity index (χ0n) is 16.5. The Kier molecular flexibility index (Phi) is 4.74. The third kappa shape index (κ3) is 3.68. The van der Waals surface area contributed by atoms with Gasteiger partial charge in [-0.2, -0.15) is 0 Å². The van der Waals surface area contributed by atoms with Crippen LogP contribution in [0.2, 0.25) is 0 Å². The van der Waals surface area contributed by atoms with Crippen molar-refractivity contribution in [1.29, 1.82) is 0 Å². The molecule has 2 aromatic heterocycles. The molecule has 9 heteroatoms. The Morgan fingerprint density at radius 2 is 2.13 bits per heavy atom. The lowest BCUT2D eigenvalue weighted by Crippen LogP contribution is -2.30. The van der Waals surface area contributed by atoms with E-state index < -0.39 is 0 Å². The number of carbonyl (C=O) groups excluding carboxylic acids is 2. The average molecular weight is 423 g/mol. The second-order valence-corrected chi connectivity index (χ2v) is 8.55. The van der Waals surface area contributed by atoms with Crippen molar-refractivity contribution in [2.75, 3.05) is 30.4 Å². The third-order valence-corrected chi connectivity index (χ3v) is 6.27. The Morgan fingerprint density at radius 1 is 1.27 bits per heavy atom. The monoisotopic (exact) mass is 423 g/mol. The molecule has 0 spiro atoms. The fourth-order valence-corrected chi connectivity index (χ4v) is 4.36. The smallest absolute Gasteiger partial charge is 0.414 e. The van der Waals surface area contributed by atoms with Crippen molar-refractivity contribution < 1.29 is 14.3 Å². The molecule has 2 aliphatic rings. The van der Waals surface area contributed by atoms with Crippen LogP contribution >= 0.6 is 11.3 Å². The van der Waals surface area contributed by atoms with E-state index in [9.17, 15) is 9.59 Å². The Bertz CT molecular complexity index is 1140. The molecular formula is C21H21N5O3S. The molecule has 3 amide bonds. The van der Waals surface area contributed by atoms with Crippen LogP contribution in [-0.4, -0.2) is 42.3 Å². The molecule has 0 saturated heterocycles. The van der Waals surface area contributed by atoms with Gasteiger partial charge in [-0.25, -0.2) is 14.6 Å². The van der Waals surface area contributed by atoms with E-state index in [-0.39, 0.29) is 12.1 Å². The predicted octanol–water partition coefficient (Wildman–Crippen LogP) is 4.02. The Labute approximate surface area is 177 Å². The summed E-state index contributed by atoms with van der Waals surface area (Å²) < 4.78 is 6.43. The van der Waals surface area contributed by atoms with Crippen molar-refractivity contribution in [3.63, 3.8) is 0 Å². The second-order valence-electron chi connectivity index (χ2n) is 7.52. The number of benzene rings is 1. The summed E-state index contributed by atoms with van der Waals surface area (Å²) in [6.45, 7) is 1.10. The highest BCUT2D eigenvalue weighted by Gasteiger charge is 2.29. The molecule has 0 bridgehead atoms. The number of pyridine rings is 1. The maximum atomic E-state index is 12.5. The number of ether oxygens (including phenoxy) is 1. The minimum Gasteiger partial charge on any atom is -0.449 e. The van der Waals surface area contributed by atoms with Crippen LogP contribution in [0.1, 0.15) is 18.5 Å². The number of aromatic nitrogens is 2. The molecule has 1 aliphatic heterocycles. The van der Waals surface area contributed by atoms with E-state index >= 15 is 0 Å². The van der Waals surface area contributed by atoms with Gasteiger partial charge >= 0.3 is 12.1 Å². The van der Waals surface area contributed by atoms with Gasteiger partial charge in [0.15, 0.2) is 5.13 Å². The zero-order chi connectivity index (χ0) is 20.7. The molecule has 3 heterocycles. The van der Waals surface area contributed by atoms with E-state index in [0.29, 0.717) is 24.2 Å². The van der Waals surface area contributed by atoms with Crippen molar-refractivity contribution in [2.24, 2.45) is 5.92 Å². The minimum atomic E-state index is -0.300. The van der Waals surface area contributed by atoms with Crippen molar-refractivity contribution in [1.82, 2.24) is 15.3 Å². The van der Waals surface area contributed by atoms with Gasteiger partial charge in [-0.05, 0) is 42.5 Å². The van der Waals surface area contributed by atoms with Crippen LogP contribution in [0.4, 0.5) is 20.4 Å². The number of thiazole rings is 1. The van der Waals surface area contributed by atoms with Crippen LogP contribution in [0.5, 0.6) is 0 Å². The van der Waals surface area contributed by atoms with Gasteiger partial charge in [0.1, 0.15) is 0 Å². The molecule has 8 nitrogen and oxygen atoms in total. The van der Waals surface area contributed by atoms with Crippen LogP contribution in [0.15, 0.2) is 30.5 Å². The third-order valence-electron chi connectivity index (χ3n) is 5.34. The van der Waals surface area contributed by atoms with Crippen molar-refractivity contribution in [2.45, 2.75) is 19.3 Å². The molecule has 30 heavy (non-hydrogen) atoms. The van der Waals surface area contributed by atoms with E-state index in [1.165, 1.54) is 11.3 Å². The summed E-state index contributed by atoms with van der Waals surface area (Å²) >= 11 is 1.41. The molecule has 1 aromatic carbocycles. The lowest BCUT2D eigenvalue weighted by atomic mass is 10.1. The summed E-state index contributed by atoms with van der Waals surface area (Å²) in [6, 6.07) is 7.62. The van der Waals surface area contributed by atoms with Crippen LogP contribution in [0.25, 0.3) is 21.3 Å². The highest BCUT2D eigenvalue weighted by atomic mass is 32.1. The second kappa shape index (κ2) is 7.56. The first-order valence-electron chi connectivity index (χ1n) is 9.93. The molecule has 1 aliphatic carbocycles. The Hall–Kier alpha value is -3.20. The van der Waals surface area contributed by atoms with Crippen LogP contribution in [0.3, 0.4) is 0 Å². The number of anilines is 2. The number of carbonyl (C=O) groups is 2. The number of fused-ring (bicyclic) bond motifs is 2. The fourth-order valence-electron chi connectivity index (χ4n) is 3.46. The van der Waals surface area contributed by atoms with E-state index in [1.54, 1.807) is 11.9 Å². The topological polar surface area (TPSA) is 96.5 Å². The van der Waals surface area contributed by atoms with E-state index in [0.717, 1.165) is 52.0 Å². The quantitative estimate of drug-likeness (QED) is 0.661. The van der Waals surface area contributed by atoms with Gasteiger partial charge in [-0.3, -0.25) is 15.2 Å². The number of nitrogens with zero attached hydrogens (tertiary/aromatic N) is 3. The summed E-state index contributed by atoms with van der Waals surface area (Å²) in [5, 5.41) is 5.76. The summed E-state index contributed by atoms with van der Waals surface area (Å²) in [4.78, 5) is 34.7. The minimum absolute atomic E-state index is 0.289. The number of hydrogen-bond donors (Lipinski definition) is 2. The first-order chi connectivity index (χ1) is 14.6. The lowest BCUT2D eigenvalue weighted by Gasteiger charge is -2.17. The van der Waals surface area contributed by atoms with Gasteiger partial charge in [0.05, 0.1) is 28.2 Å². The van der Waals surface area contributed by atoms with E-state index in [1.807, 2.05) is 30.5 Å². The molecule has 154 valence electrons. The summed E-state index contributed by atoms with van der Waals surface area (Å²) in [5.41, 5.74) is 4.45. The van der Waals surface area contributed by atoms with Crippen molar-refractivity contribution in [3.8, 4) is 11.1 Å². The predicted molar refractivity (Wildman–Crippen MR) is 116 cm³/mol. The normalized spacial score (nSPS) is 15.2. The first kappa shape index (κ1) is 18.8. The Balaban J connectivity index is 1.40. The van der Waals surface area contributed by atoms with E-state index in [2.05, 4.69) is 20.6 Å². The van der Waals surface area contributed by atoms with Gasteiger partial charge in [-0.1, -0.05) is 17.4 Å². The van der Waals surface area contributed by atoms with Crippen LogP contribution in [-0.2, 0) is 11.2 Å². The number of amides is 3. The highest BCUT2D eigenvalue weighted by molar-refractivity contribution is 7.22. The molecular weight excluding hydrogens is 402 g/mol. The highest BCUT2D eigenvalue weighted by Crippen LogP contribution is 2.35. The number of urea groups is 1. The standard InChI is InChI=1S/C21H21N5O3S/c1-22-19(27)25-20-24-16-5-4-13(9-18(16)30-20)14-8-17-15(23-10-14)6-7-26(17)21(28)29-11-12-2-3-12/h4-5,8-10,12H,2-3,6-7,11H2,1H3,(H2,22,24,25,27). The van der Waals surface area contributed by atoms with Gasteiger partial charge in [0.2, 0.25) is 0 Å². The summed E-state index contributed by atoms with van der Waals surface area (Å²) in [7, 11) is 1.56. The van der Waals surface area contributed by atoms with Crippen molar-refractivity contribution in [3.05, 3.63) is 36.2 Å². The van der Waals surface area contributed by atoms with Crippen LogP contribution < -0.4 is 15.5 Å². The number of rotatable bonds is 4. The molecule has 0 atom stereocenters. The molecule has 2 N–H and O–H groups in total. The van der Waals surface area contributed by atoms with Crippen molar-refractivity contribution >= 4 is 44.5 Å². The van der Waals surface area contributed by atoms with Gasteiger partial charge in [0.25, 0.3) is 0 Å². The molecule has 1 fully saturated rings. The fraction of sp³-hybridized carbons (Fsp3) is 0.333. The molecule has 5 rings (SSSR count).